The molecule has 0 heterocycles. The third-order valence-corrected chi connectivity index (χ3v) is 4.64. The minimum atomic E-state index is -3.83. The molecule has 0 aliphatic carbocycles. The van der Waals surface area contributed by atoms with Crippen molar-refractivity contribution in [3.63, 3.8) is 0 Å². The highest BCUT2D eigenvalue weighted by Crippen LogP contribution is 2.23. The molecule has 3 nitrogen and oxygen atoms in total. The Hall–Kier alpha value is -1.95. The molecule has 0 saturated carbocycles. The van der Waals surface area contributed by atoms with Gasteiger partial charge in [0, 0.05) is 11.3 Å². The van der Waals surface area contributed by atoms with Gasteiger partial charge in [0.25, 0.3) is 0 Å². The first-order valence-electron chi connectivity index (χ1n) is 5.83. The van der Waals surface area contributed by atoms with Crippen LogP contribution < -0.4 is 5.73 Å². The van der Waals surface area contributed by atoms with E-state index in [1.807, 2.05) is 0 Å². The standard InChI is InChI=1S/C14H13F2NO2S/c1-9-7-10(5-6-14(9)17)20(18,19)8-11-12(15)3-2-4-13(11)16/h2-7H,8,17H2,1H3. The molecule has 20 heavy (non-hydrogen) atoms. The van der Waals surface area contributed by atoms with Crippen LogP contribution in [0.5, 0.6) is 0 Å². The molecule has 0 unspecified atom stereocenters. The van der Waals surface area contributed by atoms with Crippen LogP contribution in [-0.4, -0.2) is 8.42 Å². The lowest BCUT2D eigenvalue weighted by Gasteiger charge is -2.08. The molecule has 0 radical (unpaired) electrons. The molecule has 0 amide bonds. The highest BCUT2D eigenvalue weighted by atomic mass is 32.2. The number of anilines is 1. The van der Waals surface area contributed by atoms with E-state index in [4.69, 9.17) is 5.73 Å². The largest absolute Gasteiger partial charge is 0.399 e. The topological polar surface area (TPSA) is 60.2 Å². The van der Waals surface area contributed by atoms with Gasteiger partial charge >= 0.3 is 0 Å². The Balaban J connectivity index is 2.43. The molecule has 0 bridgehead atoms. The smallest absolute Gasteiger partial charge is 0.182 e. The average molecular weight is 297 g/mol. The quantitative estimate of drug-likeness (QED) is 0.886. The van der Waals surface area contributed by atoms with Crippen LogP contribution in [-0.2, 0) is 15.6 Å². The number of nitrogens with two attached hydrogens (primary N) is 1. The zero-order valence-corrected chi connectivity index (χ0v) is 11.5. The molecule has 2 aromatic rings. The van der Waals surface area contributed by atoms with Crippen LogP contribution in [0.25, 0.3) is 0 Å². The molecule has 0 aromatic heterocycles. The third-order valence-electron chi connectivity index (χ3n) is 3.00. The fourth-order valence-electron chi connectivity index (χ4n) is 1.79. The van der Waals surface area contributed by atoms with Gasteiger partial charge in [-0.05, 0) is 42.8 Å². The monoisotopic (exact) mass is 297 g/mol. The maximum atomic E-state index is 13.5. The number of hydrogen-bond donors (Lipinski definition) is 1. The van der Waals surface area contributed by atoms with Crippen molar-refractivity contribution in [1.29, 1.82) is 0 Å². The van der Waals surface area contributed by atoms with Gasteiger partial charge in [-0.15, -0.1) is 0 Å². The third kappa shape index (κ3) is 2.80. The Kier molecular flexibility index (Phi) is 3.76. The molecule has 0 aliphatic rings. The summed E-state index contributed by atoms with van der Waals surface area (Å²) in [6.45, 7) is 1.66. The van der Waals surface area contributed by atoms with E-state index in [9.17, 15) is 17.2 Å². The second-order valence-corrected chi connectivity index (χ2v) is 6.47. The number of aryl methyl sites for hydroxylation is 1. The van der Waals surface area contributed by atoms with Crippen LogP contribution in [0, 0.1) is 18.6 Å². The normalized spacial score (nSPS) is 11.6. The van der Waals surface area contributed by atoms with Gasteiger partial charge in [-0.25, -0.2) is 17.2 Å². The van der Waals surface area contributed by atoms with Crippen molar-refractivity contribution in [3.8, 4) is 0 Å². The lowest BCUT2D eigenvalue weighted by atomic mass is 10.2. The summed E-state index contributed by atoms with van der Waals surface area (Å²) < 4.78 is 51.4. The van der Waals surface area contributed by atoms with E-state index in [2.05, 4.69) is 0 Å². The molecular formula is C14H13F2NO2S. The highest BCUT2D eigenvalue weighted by Gasteiger charge is 2.20. The van der Waals surface area contributed by atoms with Gasteiger partial charge in [0.15, 0.2) is 9.84 Å². The highest BCUT2D eigenvalue weighted by molar-refractivity contribution is 7.90. The Bertz CT molecular complexity index is 738. The Morgan fingerprint density at radius 2 is 1.70 bits per heavy atom. The van der Waals surface area contributed by atoms with E-state index in [-0.39, 0.29) is 4.90 Å². The minimum absolute atomic E-state index is 0.00754. The molecule has 6 heteroatoms. The second-order valence-electron chi connectivity index (χ2n) is 4.48. The first kappa shape index (κ1) is 14.5. The van der Waals surface area contributed by atoms with Crippen LogP contribution in [0.15, 0.2) is 41.3 Å². The fourth-order valence-corrected chi connectivity index (χ4v) is 3.24. The summed E-state index contributed by atoms with van der Waals surface area (Å²) in [4.78, 5) is -0.00754. The van der Waals surface area contributed by atoms with E-state index in [0.717, 1.165) is 12.1 Å². The predicted octanol–water partition coefficient (Wildman–Crippen LogP) is 2.83. The number of nitrogen functional groups attached to an aromatic ring is 1. The van der Waals surface area contributed by atoms with E-state index in [1.165, 1.54) is 24.3 Å². The Labute approximate surface area is 116 Å². The number of halogens is 2. The molecule has 2 N–H and O–H groups in total. The second kappa shape index (κ2) is 5.20. The molecule has 0 atom stereocenters. The molecule has 0 spiro atoms. The number of benzene rings is 2. The minimum Gasteiger partial charge on any atom is -0.399 e. The van der Waals surface area contributed by atoms with E-state index in [1.54, 1.807) is 6.92 Å². The van der Waals surface area contributed by atoms with Crippen molar-refractivity contribution in [1.82, 2.24) is 0 Å². The van der Waals surface area contributed by atoms with Gasteiger partial charge in [-0.3, -0.25) is 0 Å². The number of rotatable bonds is 3. The summed E-state index contributed by atoms with van der Waals surface area (Å²) in [5.74, 6) is -2.48. The van der Waals surface area contributed by atoms with Gasteiger partial charge in [0.1, 0.15) is 11.6 Å². The van der Waals surface area contributed by atoms with Gasteiger partial charge in [-0.1, -0.05) is 6.07 Å². The number of sulfone groups is 1. The summed E-state index contributed by atoms with van der Waals surface area (Å²) in [5.41, 5.74) is 6.22. The first-order valence-corrected chi connectivity index (χ1v) is 7.48. The van der Waals surface area contributed by atoms with Gasteiger partial charge in [-0.2, -0.15) is 0 Å². The SMILES string of the molecule is Cc1cc(S(=O)(=O)Cc2c(F)cccc2F)ccc1N. The van der Waals surface area contributed by atoms with Crippen LogP contribution in [0.4, 0.5) is 14.5 Å². The van der Waals surface area contributed by atoms with Gasteiger partial charge in [0.2, 0.25) is 0 Å². The fraction of sp³-hybridized carbons (Fsp3) is 0.143. The Morgan fingerprint density at radius 3 is 2.25 bits per heavy atom. The lowest BCUT2D eigenvalue weighted by Crippen LogP contribution is -2.09. The zero-order chi connectivity index (χ0) is 14.9. The van der Waals surface area contributed by atoms with Crippen molar-refractivity contribution >= 4 is 15.5 Å². The van der Waals surface area contributed by atoms with Crippen LogP contribution in [0.3, 0.4) is 0 Å². The average Bonchev–Trinajstić information content (AvgIpc) is 2.37. The number of hydrogen-bond acceptors (Lipinski definition) is 3. The molecule has 0 saturated heterocycles. The molecule has 0 fully saturated rings. The maximum absolute atomic E-state index is 13.5. The van der Waals surface area contributed by atoms with Crippen molar-refractivity contribution in [2.24, 2.45) is 0 Å². The van der Waals surface area contributed by atoms with E-state index >= 15 is 0 Å². The van der Waals surface area contributed by atoms with Gasteiger partial charge < -0.3 is 5.73 Å². The van der Waals surface area contributed by atoms with Gasteiger partial charge in [0.05, 0.1) is 10.6 Å². The summed E-state index contributed by atoms with van der Waals surface area (Å²) in [5, 5.41) is 0. The summed E-state index contributed by atoms with van der Waals surface area (Å²) in [7, 11) is -3.83. The maximum Gasteiger partial charge on any atom is 0.182 e. The van der Waals surface area contributed by atoms with E-state index < -0.39 is 32.8 Å². The Morgan fingerprint density at radius 1 is 1.10 bits per heavy atom. The summed E-state index contributed by atoms with van der Waals surface area (Å²) >= 11 is 0. The van der Waals surface area contributed by atoms with Crippen molar-refractivity contribution in [2.75, 3.05) is 5.73 Å². The lowest BCUT2D eigenvalue weighted by molar-refractivity contribution is 0.556. The zero-order valence-electron chi connectivity index (χ0n) is 10.7. The van der Waals surface area contributed by atoms with Crippen molar-refractivity contribution < 1.29 is 17.2 Å². The molecule has 2 aromatic carbocycles. The first-order chi connectivity index (χ1) is 9.31. The molecule has 106 valence electrons. The van der Waals surface area contributed by atoms with Crippen LogP contribution in [0.1, 0.15) is 11.1 Å². The summed E-state index contributed by atoms with van der Waals surface area (Å²) in [6.07, 6.45) is 0. The van der Waals surface area contributed by atoms with Crippen LogP contribution in [0.2, 0.25) is 0 Å². The van der Waals surface area contributed by atoms with E-state index in [0.29, 0.717) is 11.3 Å². The van der Waals surface area contributed by atoms with Crippen molar-refractivity contribution in [2.45, 2.75) is 17.6 Å². The molecule has 2 rings (SSSR count). The molecule has 0 aliphatic heterocycles. The molecular weight excluding hydrogens is 284 g/mol. The predicted molar refractivity (Wildman–Crippen MR) is 72.8 cm³/mol. The van der Waals surface area contributed by atoms with Crippen LogP contribution >= 0.6 is 0 Å². The van der Waals surface area contributed by atoms with Crippen molar-refractivity contribution in [3.05, 3.63) is 59.2 Å². The summed E-state index contributed by atoms with van der Waals surface area (Å²) in [6, 6.07) is 7.43.